The predicted molar refractivity (Wildman–Crippen MR) is 116 cm³/mol. The lowest BCUT2D eigenvalue weighted by Gasteiger charge is -2.12. The molecular weight excluding hydrogens is 478 g/mol. The van der Waals surface area contributed by atoms with Crippen LogP contribution in [0.5, 0.6) is 5.75 Å². The molecule has 10 heteroatoms. The highest BCUT2D eigenvalue weighted by atomic mass is 19.4. The third-order valence-electron chi connectivity index (χ3n) is 4.62. The van der Waals surface area contributed by atoms with Gasteiger partial charge in [-0.1, -0.05) is 24.0 Å². The van der Waals surface area contributed by atoms with Crippen LogP contribution in [0, 0.1) is 11.8 Å². The van der Waals surface area contributed by atoms with Crippen molar-refractivity contribution in [3.8, 4) is 17.6 Å². The van der Waals surface area contributed by atoms with Gasteiger partial charge in [-0.2, -0.15) is 26.3 Å². The van der Waals surface area contributed by atoms with Crippen LogP contribution in [0.2, 0.25) is 0 Å². The van der Waals surface area contributed by atoms with Crippen LogP contribution in [0.15, 0.2) is 54.1 Å². The molecule has 2 rings (SSSR count). The molecule has 0 saturated heterocycles. The predicted octanol–water partition coefficient (Wildman–Crippen LogP) is 6.13. The van der Waals surface area contributed by atoms with E-state index in [1.54, 1.807) is 31.2 Å². The van der Waals surface area contributed by atoms with Crippen LogP contribution in [0.1, 0.15) is 36.1 Å². The van der Waals surface area contributed by atoms with Crippen LogP contribution in [0.3, 0.4) is 0 Å². The van der Waals surface area contributed by atoms with Gasteiger partial charge in [0, 0.05) is 18.6 Å². The van der Waals surface area contributed by atoms with Crippen LogP contribution >= 0.6 is 0 Å². The Balaban J connectivity index is 2.05. The molecule has 0 aromatic heterocycles. The zero-order valence-electron chi connectivity index (χ0n) is 18.8. The summed E-state index contributed by atoms with van der Waals surface area (Å²) in [6.45, 7) is 3.56. The number of alkyl halides is 6. The van der Waals surface area contributed by atoms with E-state index >= 15 is 0 Å². The minimum atomic E-state index is -4.94. The first-order valence-corrected chi connectivity index (χ1v) is 10.3. The highest BCUT2D eigenvalue weighted by molar-refractivity contribution is 5.72. The number of rotatable bonds is 8. The maximum absolute atomic E-state index is 12.9. The van der Waals surface area contributed by atoms with Crippen molar-refractivity contribution in [3.63, 3.8) is 0 Å². The Morgan fingerprint density at radius 3 is 2.09 bits per heavy atom. The zero-order chi connectivity index (χ0) is 26.2. The number of carboxylic acid groups (broad SMARTS) is 1. The zero-order valence-corrected chi connectivity index (χ0v) is 18.8. The summed E-state index contributed by atoms with van der Waals surface area (Å²) in [5.74, 6) is 4.26. The van der Waals surface area contributed by atoms with Gasteiger partial charge in [-0.3, -0.25) is 0 Å². The van der Waals surface area contributed by atoms with Crippen molar-refractivity contribution in [2.75, 3.05) is 13.2 Å². The number of carbonyl (C=O) groups is 1. The van der Waals surface area contributed by atoms with E-state index in [0.29, 0.717) is 23.5 Å². The number of halogens is 6. The van der Waals surface area contributed by atoms with Gasteiger partial charge >= 0.3 is 18.3 Å². The number of aliphatic carboxylic acids is 1. The quantitative estimate of drug-likeness (QED) is 0.350. The standard InChI is InChI=1S/C25H22F6O4/c1-3-34-22(23(32)33)14-17-6-8-21(9-7-17)35-11-10-16(2)4-5-18-12-19(24(26,27)28)15-20(13-18)25(29,30)31/h6-10,12-13,15,22H,3,11,14H2,1-2H3,(H,32,33)/b16-10-. The van der Waals surface area contributed by atoms with Crippen molar-refractivity contribution in [2.24, 2.45) is 0 Å². The number of allylic oxidation sites excluding steroid dienone is 1. The van der Waals surface area contributed by atoms with E-state index in [4.69, 9.17) is 14.6 Å². The van der Waals surface area contributed by atoms with Gasteiger partial charge in [-0.15, -0.1) is 0 Å². The third kappa shape index (κ3) is 9.02. The normalized spacial score (nSPS) is 13.1. The van der Waals surface area contributed by atoms with E-state index < -0.39 is 41.1 Å². The Kier molecular flexibility index (Phi) is 9.37. The number of carboxylic acids is 1. The fraction of sp³-hybridized carbons (Fsp3) is 0.320. The molecule has 0 radical (unpaired) electrons. The first kappa shape index (κ1) is 27.8. The number of hydrogen-bond acceptors (Lipinski definition) is 3. The maximum atomic E-state index is 12.9. The number of ether oxygens (including phenoxy) is 2. The Labute approximate surface area is 198 Å². The summed E-state index contributed by atoms with van der Waals surface area (Å²) in [6, 6.07) is 7.82. The van der Waals surface area contributed by atoms with Gasteiger partial charge < -0.3 is 14.6 Å². The Morgan fingerprint density at radius 1 is 1.03 bits per heavy atom. The highest BCUT2D eigenvalue weighted by Crippen LogP contribution is 2.36. The van der Waals surface area contributed by atoms with Crippen molar-refractivity contribution in [2.45, 2.75) is 38.7 Å². The molecule has 0 saturated carbocycles. The second-order valence-corrected chi connectivity index (χ2v) is 7.37. The molecule has 0 bridgehead atoms. The van der Waals surface area contributed by atoms with Gasteiger partial charge in [0.25, 0.3) is 0 Å². The summed E-state index contributed by atoms with van der Waals surface area (Å²) in [4.78, 5) is 11.2. The van der Waals surface area contributed by atoms with Crippen molar-refractivity contribution >= 4 is 5.97 Å². The molecule has 0 aliphatic rings. The molecule has 35 heavy (non-hydrogen) atoms. The first-order chi connectivity index (χ1) is 16.3. The molecule has 0 spiro atoms. The summed E-state index contributed by atoms with van der Waals surface area (Å²) in [5.41, 5.74) is -2.16. The summed E-state index contributed by atoms with van der Waals surface area (Å²) >= 11 is 0. The molecule has 2 aromatic rings. The van der Waals surface area contributed by atoms with Gasteiger partial charge in [-0.05, 0) is 61.4 Å². The first-order valence-electron chi connectivity index (χ1n) is 10.3. The van der Waals surface area contributed by atoms with Gasteiger partial charge in [0.15, 0.2) is 6.10 Å². The summed E-state index contributed by atoms with van der Waals surface area (Å²) in [7, 11) is 0. The van der Waals surface area contributed by atoms with E-state index in [2.05, 4.69) is 11.8 Å². The van der Waals surface area contributed by atoms with Gasteiger partial charge in [0.2, 0.25) is 0 Å². The van der Waals surface area contributed by atoms with Crippen molar-refractivity contribution in [1.82, 2.24) is 0 Å². The molecule has 0 aliphatic heterocycles. The molecular formula is C25H22F6O4. The summed E-state index contributed by atoms with van der Waals surface area (Å²) < 4.78 is 88.4. The van der Waals surface area contributed by atoms with E-state index in [1.807, 2.05) is 0 Å². The molecule has 1 atom stereocenters. The molecule has 0 heterocycles. The molecule has 188 valence electrons. The van der Waals surface area contributed by atoms with Crippen LogP contribution in [-0.2, 0) is 28.3 Å². The lowest BCUT2D eigenvalue weighted by Crippen LogP contribution is -2.26. The minimum Gasteiger partial charge on any atom is -0.490 e. The average Bonchev–Trinajstić information content (AvgIpc) is 2.77. The van der Waals surface area contributed by atoms with Crippen LogP contribution < -0.4 is 4.74 Å². The Hall–Kier alpha value is -3.45. The second kappa shape index (κ2) is 11.8. The molecule has 2 aromatic carbocycles. The van der Waals surface area contributed by atoms with Crippen molar-refractivity contribution in [1.29, 1.82) is 0 Å². The summed E-state index contributed by atoms with van der Waals surface area (Å²) in [5, 5.41) is 9.14. The van der Waals surface area contributed by atoms with Crippen LogP contribution in [-0.4, -0.2) is 30.4 Å². The van der Waals surface area contributed by atoms with Crippen molar-refractivity contribution in [3.05, 3.63) is 76.4 Å². The molecule has 1 unspecified atom stereocenters. The smallest absolute Gasteiger partial charge is 0.416 e. The molecule has 0 aliphatic carbocycles. The van der Waals surface area contributed by atoms with Crippen molar-refractivity contribution < 1.29 is 45.7 Å². The van der Waals surface area contributed by atoms with E-state index in [-0.39, 0.29) is 25.7 Å². The fourth-order valence-corrected chi connectivity index (χ4v) is 2.87. The van der Waals surface area contributed by atoms with E-state index in [9.17, 15) is 31.1 Å². The molecule has 4 nitrogen and oxygen atoms in total. The minimum absolute atomic E-state index is 0.0473. The second-order valence-electron chi connectivity index (χ2n) is 7.37. The largest absolute Gasteiger partial charge is 0.490 e. The van der Waals surface area contributed by atoms with E-state index in [1.165, 1.54) is 13.0 Å². The van der Waals surface area contributed by atoms with E-state index in [0.717, 1.165) is 5.56 Å². The van der Waals surface area contributed by atoms with Crippen LogP contribution in [0.25, 0.3) is 0 Å². The van der Waals surface area contributed by atoms with Gasteiger partial charge in [0.1, 0.15) is 12.4 Å². The summed E-state index contributed by atoms with van der Waals surface area (Å²) in [6.07, 6.45) is -9.13. The highest BCUT2D eigenvalue weighted by Gasteiger charge is 2.36. The molecule has 1 N–H and O–H groups in total. The number of hydrogen-bond donors (Lipinski definition) is 1. The third-order valence-corrected chi connectivity index (χ3v) is 4.62. The number of benzene rings is 2. The topological polar surface area (TPSA) is 55.8 Å². The Bertz CT molecular complexity index is 1070. The fourth-order valence-electron chi connectivity index (χ4n) is 2.87. The molecule has 0 fully saturated rings. The lowest BCUT2D eigenvalue weighted by atomic mass is 10.0. The SMILES string of the molecule is CCOC(Cc1ccc(OC/C=C(/C)C#Cc2cc(C(F)(F)F)cc(C(F)(F)F)c2)cc1)C(=O)O. The van der Waals surface area contributed by atoms with Gasteiger partial charge in [-0.25, -0.2) is 4.79 Å². The van der Waals surface area contributed by atoms with Gasteiger partial charge in [0.05, 0.1) is 11.1 Å². The monoisotopic (exact) mass is 500 g/mol. The lowest BCUT2D eigenvalue weighted by molar-refractivity contribution is -0.150. The van der Waals surface area contributed by atoms with Crippen LogP contribution in [0.4, 0.5) is 26.3 Å². The maximum Gasteiger partial charge on any atom is 0.416 e. The molecule has 0 amide bonds. The average molecular weight is 500 g/mol. The Morgan fingerprint density at radius 2 is 1.60 bits per heavy atom.